The molecule has 13 rings (SSSR count). The molecular weight excluding hydrogens is 819 g/mol. The van der Waals surface area contributed by atoms with Gasteiger partial charge in [0.25, 0.3) is 0 Å². The van der Waals surface area contributed by atoms with Crippen molar-refractivity contribution in [1.82, 2.24) is 0 Å². The van der Waals surface area contributed by atoms with E-state index in [0.29, 0.717) is 0 Å². The lowest BCUT2D eigenvalue weighted by Gasteiger charge is -2.35. The zero-order valence-electron chi connectivity index (χ0n) is 37.9. The van der Waals surface area contributed by atoms with Crippen molar-refractivity contribution in [2.24, 2.45) is 0 Å². The van der Waals surface area contributed by atoms with Crippen LogP contribution in [0.4, 0.5) is 17.1 Å². The van der Waals surface area contributed by atoms with Gasteiger partial charge in [0, 0.05) is 22.5 Å². The van der Waals surface area contributed by atoms with E-state index in [-0.39, 0.29) is 5.41 Å². The van der Waals surface area contributed by atoms with Crippen molar-refractivity contribution in [1.29, 1.82) is 0 Å². The van der Waals surface area contributed by atoms with Crippen LogP contribution in [-0.2, 0) is 10.8 Å². The molecular formula is C67H47N. The van der Waals surface area contributed by atoms with Crippen LogP contribution in [0.3, 0.4) is 0 Å². The Balaban J connectivity index is 0.988. The maximum absolute atomic E-state index is 2.47. The van der Waals surface area contributed by atoms with Crippen molar-refractivity contribution in [2.45, 2.75) is 17.8 Å². The van der Waals surface area contributed by atoms with E-state index in [4.69, 9.17) is 0 Å². The minimum Gasteiger partial charge on any atom is -0.310 e. The molecule has 0 aliphatic heterocycles. The van der Waals surface area contributed by atoms with Gasteiger partial charge >= 0.3 is 0 Å². The molecule has 1 heteroatoms. The molecule has 0 spiro atoms. The fourth-order valence-electron chi connectivity index (χ4n) is 11.9. The normalized spacial score (nSPS) is 15.0. The highest BCUT2D eigenvalue weighted by Crippen LogP contribution is 2.58. The average Bonchev–Trinajstić information content (AvgIpc) is 3.87. The topological polar surface area (TPSA) is 3.24 Å². The number of hydrogen-bond donors (Lipinski definition) is 0. The van der Waals surface area contributed by atoms with Crippen LogP contribution in [0.15, 0.2) is 267 Å². The summed E-state index contributed by atoms with van der Waals surface area (Å²) in [6.45, 7) is 2.39. The van der Waals surface area contributed by atoms with Gasteiger partial charge in [-0.1, -0.05) is 231 Å². The van der Waals surface area contributed by atoms with E-state index >= 15 is 0 Å². The van der Waals surface area contributed by atoms with Gasteiger partial charge in [0.15, 0.2) is 0 Å². The fraction of sp³-hybridized carbons (Fsp3) is 0.0448. The highest BCUT2D eigenvalue weighted by atomic mass is 15.1. The van der Waals surface area contributed by atoms with E-state index in [1.165, 1.54) is 94.2 Å². The zero-order chi connectivity index (χ0) is 45.2. The summed E-state index contributed by atoms with van der Waals surface area (Å²) in [6, 6.07) is 98.9. The first-order valence-corrected chi connectivity index (χ1v) is 23.8. The molecule has 0 heterocycles. The van der Waals surface area contributed by atoms with Gasteiger partial charge in [-0.3, -0.25) is 0 Å². The summed E-state index contributed by atoms with van der Waals surface area (Å²) in [5, 5.41) is 2.50. The van der Waals surface area contributed by atoms with Crippen LogP contribution in [0.2, 0.25) is 0 Å². The molecule has 1 atom stereocenters. The van der Waals surface area contributed by atoms with Crippen LogP contribution < -0.4 is 4.90 Å². The Kier molecular flexibility index (Phi) is 9.27. The van der Waals surface area contributed by atoms with Crippen molar-refractivity contribution < 1.29 is 0 Å². The van der Waals surface area contributed by atoms with Gasteiger partial charge in [0.05, 0.1) is 5.41 Å². The number of benzene rings is 11. The molecule has 0 saturated carbocycles. The van der Waals surface area contributed by atoms with Crippen LogP contribution in [0.1, 0.15) is 45.9 Å². The van der Waals surface area contributed by atoms with Crippen molar-refractivity contribution in [3.63, 3.8) is 0 Å². The van der Waals surface area contributed by atoms with Gasteiger partial charge in [0.1, 0.15) is 0 Å². The molecule has 2 aliphatic rings. The standard InChI is InChI=1S/C67H47N/c1-66(49-21-5-2-6-22-49)61-32-15-14-29-60(61)65-57(31-18-34-63(65)66)48-37-41-53(42-38-48)68(52-39-35-47(36-40-52)56-30-17-20-46-19-11-12-27-55(46)56)54-43-44-59-58-28-13-16-33-62(58)67(64(59)45-54,50-23-7-3-8-24-50)51-25-9-4-10-26-51/h2-45H,1H3. The predicted molar refractivity (Wildman–Crippen MR) is 284 cm³/mol. The third kappa shape index (κ3) is 5.95. The van der Waals surface area contributed by atoms with E-state index in [9.17, 15) is 0 Å². The molecule has 11 aromatic rings. The Bertz CT molecular complexity index is 3620. The molecule has 0 fully saturated rings. The van der Waals surface area contributed by atoms with Crippen LogP contribution in [0.5, 0.6) is 0 Å². The van der Waals surface area contributed by atoms with Crippen molar-refractivity contribution in [2.75, 3.05) is 4.90 Å². The summed E-state index contributed by atoms with van der Waals surface area (Å²) in [5.74, 6) is 0. The third-order valence-electron chi connectivity index (χ3n) is 15.1. The number of hydrogen-bond acceptors (Lipinski definition) is 1. The van der Waals surface area contributed by atoms with Crippen LogP contribution >= 0.6 is 0 Å². The highest BCUT2D eigenvalue weighted by molar-refractivity contribution is 5.98. The Morgan fingerprint density at radius 1 is 0.294 bits per heavy atom. The zero-order valence-corrected chi connectivity index (χ0v) is 37.9. The third-order valence-corrected chi connectivity index (χ3v) is 15.1. The lowest BCUT2D eigenvalue weighted by Crippen LogP contribution is -2.28. The minimum absolute atomic E-state index is 0.264. The number of nitrogens with zero attached hydrogens (tertiary/aromatic N) is 1. The number of rotatable bonds is 8. The second-order valence-corrected chi connectivity index (χ2v) is 18.5. The van der Waals surface area contributed by atoms with E-state index in [0.717, 1.165) is 17.1 Å². The quantitative estimate of drug-likeness (QED) is 0.147. The Labute approximate surface area is 398 Å². The van der Waals surface area contributed by atoms with Gasteiger partial charge in [-0.15, -0.1) is 0 Å². The van der Waals surface area contributed by atoms with Gasteiger partial charge in [-0.2, -0.15) is 0 Å². The predicted octanol–water partition coefficient (Wildman–Crippen LogP) is 17.3. The molecule has 0 amide bonds. The van der Waals surface area contributed by atoms with E-state index in [1.54, 1.807) is 0 Å². The molecule has 68 heavy (non-hydrogen) atoms. The molecule has 0 saturated heterocycles. The van der Waals surface area contributed by atoms with Crippen molar-refractivity contribution in [3.05, 3.63) is 306 Å². The fourth-order valence-corrected chi connectivity index (χ4v) is 11.9. The first-order valence-electron chi connectivity index (χ1n) is 23.8. The smallest absolute Gasteiger partial charge is 0.0714 e. The second kappa shape index (κ2) is 15.8. The number of anilines is 3. The largest absolute Gasteiger partial charge is 0.310 e. The van der Waals surface area contributed by atoms with Crippen LogP contribution in [0.25, 0.3) is 55.3 Å². The summed E-state index contributed by atoms with van der Waals surface area (Å²) < 4.78 is 0. The molecule has 0 radical (unpaired) electrons. The van der Waals surface area contributed by atoms with E-state index in [2.05, 4.69) is 279 Å². The molecule has 2 aliphatic carbocycles. The Hall–Kier alpha value is -8.52. The van der Waals surface area contributed by atoms with Crippen LogP contribution in [0, 0.1) is 0 Å². The summed E-state index contributed by atoms with van der Waals surface area (Å²) in [4.78, 5) is 2.44. The van der Waals surface area contributed by atoms with E-state index in [1.807, 2.05) is 0 Å². The molecule has 11 aromatic carbocycles. The maximum Gasteiger partial charge on any atom is 0.0714 e. The summed E-state index contributed by atoms with van der Waals surface area (Å²) >= 11 is 0. The van der Waals surface area contributed by atoms with E-state index < -0.39 is 5.41 Å². The lowest BCUT2D eigenvalue weighted by atomic mass is 9.67. The minimum atomic E-state index is -0.517. The lowest BCUT2D eigenvalue weighted by molar-refractivity contribution is 0.714. The average molecular weight is 866 g/mol. The first kappa shape index (κ1) is 39.8. The molecule has 1 nitrogen and oxygen atoms in total. The van der Waals surface area contributed by atoms with Gasteiger partial charge in [-0.05, 0) is 138 Å². The SMILES string of the molecule is CC1(c2ccccc2)c2ccccc2-c2c(-c3ccc(N(c4ccc(-c5cccc6ccccc56)cc4)c4ccc5c(c4)C(c4ccccc4)(c4ccccc4)c4ccccc4-5)cc3)cccc21. The van der Waals surface area contributed by atoms with Gasteiger partial charge < -0.3 is 4.90 Å². The first-order chi connectivity index (χ1) is 33.6. The Morgan fingerprint density at radius 2 is 0.750 bits per heavy atom. The van der Waals surface area contributed by atoms with Crippen molar-refractivity contribution >= 4 is 27.8 Å². The van der Waals surface area contributed by atoms with Crippen LogP contribution in [-0.4, -0.2) is 0 Å². The van der Waals surface area contributed by atoms with Gasteiger partial charge in [-0.25, -0.2) is 0 Å². The highest BCUT2D eigenvalue weighted by Gasteiger charge is 2.46. The van der Waals surface area contributed by atoms with Gasteiger partial charge in [0.2, 0.25) is 0 Å². The molecule has 1 unspecified atom stereocenters. The Morgan fingerprint density at radius 3 is 1.43 bits per heavy atom. The molecule has 320 valence electrons. The molecule has 0 aromatic heterocycles. The number of fused-ring (bicyclic) bond motifs is 7. The second-order valence-electron chi connectivity index (χ2n) is 18.5. The maximum atomic E-state index is 2.47. The monoisotopic (exact) mass is 865 g/mol. The molecule has 0 bridgehead atoms. The van der Waals surface area contributed by atoms with Crippen molar-refractivity contribution in [3.8, 4) is 44.5 Å². The summed E-state index contributed by atoms with van der Waals surface area (Å²) in [5.41, 5.74) is 21.6. The molecule has 0 N–H and O–H groups in total. The summed E-state index contributed by atoms with van der Waals surface area (Å²) in [6.07, 6.45) is 0. The summed E-state index contributed by atoms with van der Waals surface area (Å²) in [7, 11) is 0.